The summed E-state index contributed by atoms with van der Waals surface area (Å²) >= 11 is 0. The van der Waals surface area contributed by atoms with Crippen LogP contribution in [0.5, 0.6) is 0 Å². The number of aromatic nitrogens is 1. The van der Waals surface area contributed by atoms with Crippen LogP contribution in [0, 0.1) is 5.95 Å². The zero-order valence-electron chi connectivity index (χ0n) is 9.58. The molecule has 16 heavy (non-hydrogen) atoms. The average Bonchev–Trinajstić information content (AvgIpc) is 2.14. The molecular formula is C11H15FN2O2. The minimum absolute atomic E-state index is 0.0817. The van der Waals surface area contributed by atoms with Gasteiger partial charge in [0.1, 0.15) is 12.4 Å². The van der Waals surface area contributed by atoms with Gasteiger partial charge in [-0.2, -0.15) is 4.39 Å². The molecule has 5 heteroatoms. The van der Waals surface area contributed by atoms with Crippen molar-refractivity contribution in [2.45, 2.75) is 26.4 Å². The first kappa shape index (κ1) is 12.6. The molecule has 0 fully saturated rings. The molecule has 88 valence electrons. The molecule has 0 bridgehead atoms. The molecule has 1 heterocycles. The number of carbonyl (C=O) groups is 1. The summed E-state index contributed by atoms with van der Waals surface area (Å²) in [4.78, 5) is 14.9. The predicted octanol–water partition coefficient (Wildman–Crippen LogP) is 1.97. The van der Waals surface area contributed by atoms with Crippen molar-refractivity contribution in [2.24, 2.45) is 0 Å². The molecule has 4 nitrogen and oxygen atoms in total. The highest BCUT2D eigenvalue weighted by molar-refractivity contribution is 5.90. The highest BCUT2D eigenvalue weighted by Gasteiger charge is 2.13. The number of hydrogen-bond donors (Lipinski definition) is 1. The first-order valence-electron chi connectivity index (χ1n) is 4.93. The lowest BCUT2D eigenvalue weighted by Gasteiger charge is -2.18. The van der Waals surface area contributed by atoms with Gasteiger partial charge in [0.2, 0.25) is 5.95 Å². The van der Waals surface area contributed by atoms with Gasteiger partial charge >= 0.3 is 0 Å². The van der Waals surface area contributed by atoms with Gasteiger partial charge in [0.15, 0.2) is 0 Å². The Morgan fingerprint density at radius 3 is 2.75 bits per heavy atom. The van der Waals surface area contributed by atoms with Gasteiger partial charge in [0.05, 0.1) is 5.60 Å². The van der Waals surface area contributed by atoms with Crippen molar-refractivity contribution in [1.82, 2.24) is 4.98 Å². The number of anilines is 1. The van der Waals surface area contributed by atoms with Gasteiger partial charge in [0.25, 0.3) is 5.91 Å². The lowest BCUT2D eigenvalue weighted by Crippen LogP contribution is -2.27. The molecule has 0 saturated heterocycles. The second-order valence-electron chi connectivity index (χ2n) is 4.29. The summed E-state index contributed by atoms with van der Waals surface area (Å²) in [5, 5.41) is 2.44. The SMILES string of the molecule is CC(C)(C)OCC(=O)Nc1cccc(F)n1. The maximum absolute atomic E-state index is 12.7. The van der Waals surface area contributed by atoms with Gasteiger partial charge in [-0.15, -0.1) is 0 Å². The van der Waals surface area contributed by atoms with Gasteiger partial charge in [0, 0.05) is 0 Å². The molecule has 0 aliphatic heterocycles. The number of nitrogens with zero attached hydrogens (tertiary/aromatic N) is 1. The monoisotopic (exact) mass is 226 g/mol. The van der Waals surface area contributed by atoms with Crippen LogP contribution >= 0.6 is 0 Å². The summed E-state index contributed by atoms with van der Waals surface area (Å²) < 4.78 is 18.0. The van der Waals surface area contributed by atoms with E-state index in [0.29, 0.717) is 0 Å². The molecule has 0 spiro atoms. The topological polar surface area (TPSA) is 51.2 Å². The molecular weight excluding hydrogens is 211 g/mol. The number of amides is 1. The highest BCUT2D eigenvalue weighted by atomic mass is 19.1. The van der Waals surface area contributed by atoms with Gasteiger partial charge in [-0.1, -0.05) is 6.07 Å². The van der Waals surface area contributed by atoms with Crippen molar-refractivity contribution in [3.8, 4) is 0 Å². The summed E-state index contributed by atoms with van der Waals surface area (Å²) in [7, 11) is 0. The normalized spacial score (nSPS) is 11.2. The third-order valence-corrected chi connectivity index (χ3v) is 1.62. The van der Waals surface area contributed by atoms with E-state index >= 15 is 0 Å². The zero-order valence-corrected chi connectivity index (χ0v) is 9.58. The standard InChI is InChI=1S/C11H15FN2O2/c1-11(2,3)16-7-10(15)14-9-6-4-5-8(12)13-9/h4-6H,7H2,1-3H3,(H,13,14,15). The molecule has 0 atom stereocenters. The quantitative estimate of drug-likeness (QED) is 0.802. The summed E-state index contributed by atoms with van der Waals surface area (Å²) in [6.45, 7) is 5.46. The third-order valence-electron chi connectivity index (χ3n) is 1.62. The van der Waals surface area contributed by atoms with Crippen molar-refractivity contribution in [3.63, 3.8) is 0 Å². The van der Waals surface area contributed by atoms with Crippen molar-refractivity contribution in [3.05, 3.63) is 24.1 Å². The molecule has 1 N–H and O–H groups in total. The minimum atomic E-state index is -0.630. The fraction of sp³-hybridized carbons (Fsp3) is 0.455. The van der Waals surface area contributed by atoms with Gasteiger partial charge < -0.3 is 10.1 Å². The fourth-order valence-corrected chi connectivity index (χ4v) is 0.939. The number of halogens is 1. The van der Waals surface area contributed by atoms with E-state index in [0.717, 1.165) is 0 Å². The number of pyridine rings is 1. The van der Waals surface area contributed by atoms with E-state index in [1.807, 2.05) is 20.8 Å². The van der Waals surface area contributed by atoms with E-state index in [1.165, 1.54) is 18.2 Å². The molecule has 1 aromatic heterocycles. The molecule has 1 rings (SSSR count). The highest BCUT2D eigenvalue weighted by Crippen LogP contribution is 2.07. The second kappa shape index (κ2) is 5.03. The molecule has 0 saturated carbocycles. The van der Waals surface area contributed by atoms with Crippen LogP contribution in [0.1, 0.15) is 20.8 Å². The van der Waals surface area contributed by atoms with Crippen LogP contribution in [0.25, 0.3) is 0 Å². The number of ether oxygens (including phenoxy) is 1. The Kier molecular flexibility index (Phi) is 3.95. The van der Waals surface area contributed by atoms with E-state index < -0.39 is 5.95 Å². The molecule has 0 aliphatic carbocycles. The summed E-state index contributed by atoms with van der Waals surface area (Å²) in [5.74, 6) is -0.801. The van der Waals surface area contributed by atoms with Gasteiger partial charge in [-0.25, -0.2) is 4.98 Å². The Labute approximate surface area is 93.8 Å². The Balaban J connectivity index is 2.46. The van der Waals surface area contributed by atoms with Crippen molar-refractivity contribution < 1.29 is 13.9 Å². The zero-order chi connectivity index (χ0) is 12.2. The lowest BCUT2D eigenvalue weighted by atomic mass is 10.2. The molecule has 0 aromatic carbocycles. The molecule has 0 unspecified atom stereocenters. The Morgan fingerprint density at radius 2 is 2.19 bits per heavy atom. The van der Waals surface area contributed by atoms with E-state index in [1.54, 1.807) is 0 Å². The van der Waals surface area contributed by atoms with E-state index in [4.69, 9.17) is 4.74 Å². The average molecular weight is 226 g/mol. The largest absolute Gasteiger partial charge is 0.366 e. The second-order valence-corrected chi connectivity index (χ2v) is 4.29. The summed E-state index contributed by atoms with van der Waals surface area (Å²) in [6, 6.07) is 4.20. The number of nitrogens with one attached hydrogen (secondary N) is 1. The molecule has 1 amide bonds. The number of hydrogen-bond acceptors (Lipinski definition) is 3. The smallest absolute Gasteiger partial charge is 0.251 e. The van der Waals surface area contributed by atoms with Crippen LogP contribution in [0.15, 0.2) is 18.2 Å². The van der Waals surface area contributed by atoms with Crippen molar-refractivity contribution >= 4 is 11.7 Å². The summed E-state index contributed by atoms with van der Waals surface area (Å²) in [5.41, 5.74) is -0.382. The first-order chi connectivity index (χ1) is 7.37. The Bertz CT molecular complexity index is 374. The Hall–Kier alpha value is -1.49. The maximum Gasteiger partial charge on any atom is 0.251 e. The predicted molar refractivity (Wildman–Crippen MR) is 58.5 cm³/mol. The third kappa shape index (κ3) is 4.84. The fourth-order valence-electron chi connectivity index (χ4n) is 0.939. The summed E-state index contributed by atoms with van der Waals surface area (Å²) in [6.07, 6.45) is 0. The maximum atomic E-state index is 12.7. The van der Waals surface area contributed by atoms with E-state index in [9.17, 15) is 9.18 Å². The molecule has 0 aliphatic rings. The van der Waals surface area contributed by atoms with Crippen molar-refractivity contribution in [1.29, 1.82) is 0 Å². The van der Waals surface area contributed by atoms with Gasteiger partial charge in [-0.3, -0.25) is 4.79 Å². The Morgan fingerprint density at radius 1 is 1.50 bits per heavy atom. The number of carbonyl (C=O) groups excluding carboxylic acids is 1. The van der Waals surface area contributed by atoms with Crippen LogP contribution in [-0.4, -0.2) is 23.1 Å². The first-order valence-corrected chi connectivity index (χ1v) is 4.93. The van der Waals surface area contributed by atoms with Crippen LogP contribution in [0.3, 0.4) is 0 Å². The van der Waals surface area contributed by atoms with E-state index in [2.05, 4.69) is 10.3 Å². The van der Waals surface area contributed by atoms with Crippen LogP contribution < -0.4 is 5.32 Å². The minimum Gasteiger partial charge on any atom is -0.366 e. The van der Waals surface area contributed by atoms with Crippen LogP contribution in [-0.2, 0) is 9.53 Å². The van der Waals surface area contributed by atoms with Crippen LogP contribution in [0.4, 0.5) is 10.2 Å². The van der Waals surface area contributed by atoms with Gasteiger partial charge in [-0.05, 0) is 32.9 Å². The van der Waals surface area contributed by atoms with E-state index in [-0.39, 0.29) is 23.9 Å². The molecule has 0 radical (unpaired) electrons. The van der Waals surface area contributed by atoms with Crippen molar-refractivity contribution in [2.75, 3.05) is 11.9 Å². The van der Waals surface area contributed by atoms with Crippen LogP contribution in [0.2, 0.25) is 0 Å². The number of rotatable bonds is 3. The lowest BCUT2D eigenvalue weighted by molar-refractivity contribution is -0.125. The molecule has 1 aromatic rings.